The van der Waals surface area contributed by atoms with Crippen LogP contribution < -0.4 is 15.4 Å². The number of hydrogen-bond acceptors (Lipinski definition) is 4. The summed E-state index contributed by atoms with van der Waals surface area (Å²) in [6.45, 7) is -0.419. The van der Waals surface area contributed by atoms with Gasteiger partial charge in [-0.2, -0.15) is 0 Å². The summed E-state index contributed by atoms with van der Waals surface area (Å²) in [4.78, 5) is 23.5. The van der Waals surface area contributed by atoms with Gasteiger partial charge in [0.2, 0.25) is 5.91 Å². The Hall–Kier alpha value is -3.86. The van der Waals surface area contributed by atoms with Crippen LogP contribution in [0.5, 0.6) is 0 Å². The molecule has 0 heterocycles. The van der Waals surface area contributed by atoms with Crippen molar-refractivity contribution >= 4 is 33.2 Å². The lowest BCUT2D eigenvalue weighted by atomic mass is 10.2. The maximum atomic E-state index is 13.6. The second kappa shape index (κ2) is 9.52. The summed E-state index contributed by atoms with van der Waals surface area (Å²) in [6.07, 6.45) is 0. The highest BCUT2D eigenvalue weighted by molar-refractivity contribution is 7.92. The minimum Gasteiger partial charge on any atom is -0.343 e. The lowest BCUT2D eigenvalue weighted by molar-refractivity contribution is -0.115. The second-order valence-electron chi connectivity index (χ2n) is 6.47. The van der Waals surface area contributed by atoms with E-state index in [1.54, 1.807) is 0 Å². The summed E-state index contributed by atoms with van der Waals surface area (Å²) in [6, 6.07) is 13.0. The van der Waals surface area contributed by atoms with Crippen molar-refractivity contribution in [1.82, 2.24) is 5.32 Å². The Balaban J connectivity index is 1.57. The molecule has 0 saturated heterocycles. The second-order valence-corrected chi connectivity index (χ2v) is 8.15. The van der Waals surface area contributed by atoms with E-state index in [1.807, 2.05) is 0 Å². The molecule has 0 aromatic heterocycles. The van der Waals surface area contributed by atoms with E-state index < -0.39 is 50.7 Å². The highest BCUT2D eigenvalue weighted by Gasteiger charge is 2.17. The van der Waals surface area contributed by atoms with Crippen LogP contribution in [0.25, 0.3) is 0 Å². The maximum absolute atomic E-state index is 13.6. The molecule has 0 radical (unpaired) electrons. The van der Waals surface area contributed by atoms with E-state index >= 15 is 0 Å². The predicted octanol–water partition coefficient (Wildman–Crippen LogP) is 3.27. The molecule has 3 aromatic rings. The molecule has 0 aliphatic rings. The van der Waals surface area contributed by atoms with Crippen LogP contribution in [0.4, 0.5) is 24.5 Å². The fourth-order valence-electron chi connectivity index (χ4n) is 2.59. The smallest absolute Gasteiger partial charge is 0.261 e. The number of carbonyl (C=O) groups excluding carboxylic acids is 2. The molecule has 3 N–H and O–H groups in total. The third-order valence-corrected chi connectivity index (χ3v) is 5.53. The van der Waals surface area contributed by atoms with Gasteiger partial charge < -0.3 is 10.6 Å². The summed E-state index contributed by atoms with van der Waals surface area (Å²) in [5.74, 6) is -4.53. The zero-order chi connectivity index (χ0) is 23.3. The molecule has 0 atom stereocenters. The van der Waals surface area contributed by atoms with Crippen LogP contribution in [0.15, 0.2) is 71.6 Å². The first-order valence-corrected chi connectivity index (χ1v) is 10.5. The standard InChI is InChI=1S/C21H16F3N3O4S/c22-17-4-2-1-3-16(17)21(29)25-12-20(28)26-13-5-7-14(8-6-13)27-32(30,31)15-9-10-18(23)19(24)11-15/h1-11,27H,12H2,(H,25,29)(H,26,28). The quantitative estimate of drug-likeness (QED) is 0.500. The van der Waals surface area contributed by atoms with E-state index in [0.29, 0.717) is 17.8 Å². The van der Waals surface area contributed by atoms with Crippen LogP contribution >= 0.6 is 0 Å². The summed E-state index contributed by atoms with van der Waals surface area (Å²) < 4.78 is 66.6. The highest BCUT2D eigenvalue weighted by atomic mass is 32.2. The maximum Gasteiger partial charge on any atom is 0.261 e. The Morgan fingerprint density at radius 3 is 2.09 bits per heavy atom. The van der Waals surface area contributed by atoms with Crippen molar-refractivity contribution in [3.63, 3.8) is 0 Å². The van der Waals surface area contributed by atoms with Gasteiger partial charge in [0.15, 0.2) is 11.6 Å². The van der Waals surface area contributed by atoms with E-state index in [0.717, 1.165) is 12.1 Å². The largest absolute Gasteiger partial charge is 0.343 e. The van der Waals surface area contributed by atoms with Crippen LogP contribution in [-0.4, -0.2) is 26.8 Å². The van der Waals surface area contributed by atoms with Crippen molar-refractivity contribution in [2.24, 2.45) is 0 Å². The van der Waals surface area contributed by atoms with E-state index in [-0.39, 0.29) is 11.3 Å². The number of rotatable bonds is 7. The van der Waals surface area contributed by atoms with Crippen LogP contribution in [0.2, 0.25) is 0 Å². The Labute approximate surface area is 181 Å². The molecule has 166 valence electrons. The summed E-state index contributed by atoms with van der Waals surface area (Å²) in [7, 11) is -4.16. The van der Waals surface area contributed by atoms with Crippen LogP contribution in [-0.2, 0) is 14.8 Å². The monoisotopic (exact) mass is 463 g/mol. The number of amides is 2. The Bertz CT molecular complexity index is 1270. The number of benzene rings is 3. The number of anilines is 2. The molecule has 3 aromatic carbocycles. The van der Waals surface area contributed by atoms with Gasteiger partial charge in [-0.25, -0.2) is 21.6 Å². The minimum absolute atomic E-state index is 0.112. The van der Waals surface area contributed by atoms with Crippen molar-refractivity contribution in [1.29, 1.82) is 0 Å². The Morgan fingerprint density at radius 1 is 0.781 bits per heavy atom. The molecule has 0 aliphatic heterocycles. The van der Waals surface area contributed by atoms with Gasteiger partial charge in [0, 0.05) is 11.4 Å². The molecule has 0 fully saturated rings. The molecule has 0 bridgehead atoms. The van der Waals surface area contributed by atoms with E-state index in [1.165, 1.54) is 42.5 Å². The molecular weight excluding hydrogens is 447 g/mol. The molecule has 0 aliphatic carbocycles. The first-order chi connectivity index (χ1) is 15.2. The van der Waals surface area contributed by atoms with Crippen molar-refractivity contribution in [3.8, 4) is 0 Å². The van der Waals surface area contributed by atoms with Crippen LogP contribution in [0, 0.1) is 17.5 Å². The van der Waals surface area contributed by atoms with Gasteiger partial charge in [-0.15, -0.1) is 0 Å². The third kappa shape index (κ3) is 5.64. The molecule has 7 nitrogen and oxygen atoms in total. The van der Waals surface area contributed by atoms with E-state index in [2.05, 4.69) is 15.4 Å². The zero-order valence-electron chi connectivity index (χ0n) is 16.2. The fraction of sp³-hybridized carbons (Fsp3) is 0.0476. The Morgan fingerprint density at radius 2 is 1.44 bits per heavy atom. The number of carbonyl (C=O) groups is 2. The van der Waals surface area contributed by atoms with Gasteiger partial charge in [-0.1, -0.05) is 12.1 Å². The molecule has 11 heteroatoms. The summed E-state index contributed by atoms with van der Waals surface area (Å²) >= 11 is 0. The van der Waals surface area contributed by atoms with Gasteiger partial charge in [0.05, 0.1) is 17.0 Å². The predicted molar refractivity (Wildman–Crippen MR) is 111 cm³/mol. The average molecular weight is 463 g/mol. The van der Waals surface area contributed by atoms with Gasteiger partial charge in [-0.3, -0.25) is 14.3 Å². The summed E-state index contributed by atoms with van der Waals surface area (Å²) in [5.41, 5.74) is 0.212. The van der Waals surface area contributed by atoms with E-state index in [9.17, 15) is 31.2 Å². The zero-order valence-corrected chi connectivity index (χ0v) is 17.0. The van der Waals surface area contributed by atoms with Crippen molar-refractivity contribution < 1.29 is 31.2 Å². The molecular formula is C21H16F3N3O4S. The number of hydrogen-bond donors (Lipinski definition) is 3. The number of sulfonamides is 1. The molecule has 2 amide bonds. The normalized spacial score (nSPS) is 11.0. The molecule has 0 saturated carbocycles. The summed E-state index contributed by atoms with van der Waals surface area (Å²) in [5, 5.41) is 4.77. The van der Waals surface area contributed by atoms with Crippen molar-refractivity contribution in [3.05, 3.63) is 89.7 Å². The Kier molecular flexibility index (Phi) is 6.79. The van der Waals surface area contributed by atoms with E-state index in [4.69, 9.17) is 0 Å². The van der Waals surface area contributed by atoms with Gasteiger partial charge >= 0.3 is 0 Å². The van der Waals surface area contributed by atoms with Crippen molar-refractivity contribution in [2.75, 3.05) is 16.6 Å². The van der Waals surface area contributed by atoms with Gasteiger partial charge in [0.1, 0.15) is 5.82 Å². The molecule has 0 spiro atoms. The molecule has 32 heavy (non-hydrogen) atoms. The highest BCUT2D eigenvalue weighted by Crippen LogP contribution is 2.20. The molecule has 0 unspecified atom stereocenters. The van der Waals surface area contributed by atoms with Gasteiger partial charge in [0.25, 0.3) is 15.9 Å². The number of nitrogens with one attached hydrogen (secondary N) is 3. The first kappa shape index (κ1) is 22.8. The number of halogens is 3. The lowest BCUT2D eigenvalue weighted by Crippen LogP contribution is -2.33. The van der Waals surface area contributed by atoms with Crippen molar-refractivity contribution in [2.45, 2.75) is 4.90 Å². The fourth-order valence-corrected chi connectivity index (χ4v) is 3.66. The first-order valence-electron chi connectivity index (χ1n) is 9.06. The average Bonchev–Trinajstić information content (AvgIpc) is 2.75. The molecule has 3 rings (SSSR count). The van der Waals surface area contributed by atoms with Gasteiger partial charge in [-0.05, 0) is 54.6 Å². The topological polar surface area (TPSA) is 104 Å². The lowest BCUT2D eigenvalue weighted by Gasteiger charge is -2.10. The van der Waals surface area contributed by atoms with Crippen LogP contribution in [0.1, 0.15) is 10.4 Å². The van der Waals surface area contributed by atoms with Crippen LogP contribution in [0.3, 0.4) is 0 Å². The third-order valence-electron chi connectivity index (χ3n) is 4.15. The minimum atomic E-state index is -4.16. The SMILES string of the molecule is O=C(CNC(=O)c1ccccc1F)Nc1ccc(NS(=O)(=O)c2ccc(F)c(F)c2)cc1.